The van der Waals surface area contributed by atoms with E-state index in [1.807, 2.05) is 0 Å². The summed E-state index contributed by atoms with van der Waals surface area (Å²) < 4.78 is 64.7. The molecule has 2 heterocycles. The molecule has 1 aliphatic rings. The van der Waals surface area contributed by atoms with E-state index in [0.29, 0.717) is 5.56 Å². The molecule has 0 aliphatic carbocycles. The van der Waals surface area contributed by atoms with Crippen molar-refractivity contribution in [1.29, 1.82) is 0 Å². The molecule has 0 spiro atoms. The molecule has 1 aliphatic heterocycles. The van der Waals surface area contributed by atoms with Gasteiger partial charge in [-0.3, -0.25) is 19.2 Å². The molecule has 0 bridgehead atoms. The molecule has 3 amide bonds. The summed E-state index contributed by atoms with van der Waals surface area (Å²) in [5.74, 6) is -4.29. The van der Waals surface area contributed by atoms with Gasteiger partial charge in [0.25, 0.3) is 5.91 Å². The van der Waals surface area contributed by atoms with Gasteiger partial charge in [0.1, 0.15) is 17.7 Å². The van der Waals surface area contributed by atoms with Gasteiger partial charge in [-0.1, -0.05) is 30.3 Å². The molecule has 0 saturated carbocycles. The van der Waals surface area contributed by atoms with E-state index in [2.05, 4.69) is 35.4 Å². The zero-order valence-electron chi connectivity index (χ0n) is 21.6. The number of carbonyl (C=O) groups excluding carboxylic acids is 4. The highest BCUT2D eigenvalue weighted by atomic mass is 19.3. The number of hydrogen-bond donors (Lipinski definition) is 3. The minimum atomic E-state index is -3.34. The number of rotatable bonds is 16. The molecule has 222 valence electrons. The largest absolute Gasteiger partial charge is 0.361 e. The topological polar surface area (TPSA) is 161 Å². The highest BCUT2D eigenvalue weighted by Gasteiger charge is 2.50. The molecule has 12 nitrogen and oxygen atoms in total. The number of hydrogen-bond acceptors (Lipinski definition) is 9. The van der Waals surface area contributed by atoms with E-state index in [0.717, 1.165) is 0 Å². The van der Waals surface area contributed by atoms with Crippen LogP contribution >= 0.6 is 0 Å². The normalized spacial score (nSPS) is 18.3. The molecule has 3 N–H and O–H groups in total. The fraction of sp³-hybridized carbons (Fsp3) is 0.440. The highest BCUT2D eigenvalue weighted by molar-refractivity contribution is 5.99. The van der Waals surface area contributed by atoms with Crippen LogP contribution in [-0.4, -0.2) is 90.2 Å². The number of Topliss-reactive ketones (excluding diaryl/α,β-unsaturated/α-hetero) is 1. The van der Waals surface area contributed by atoms with Gasteiger partial charge in [0, 0.05) is 12.4 Å². The Kier molecular flexibility index (Phi) is 11.2. The van der Waals surface area contributed by atoms with Gasteiger partial charge >= 0.3 is 13.2 Å². The fourth-order valence-corrected chi connectivity index (χ4v) is 3.57. The molecule has 1 aromatic carbocycles. The molecule has 3 rings (SSSR count). The average Bonchev–Trinajstić information content (AvgIpc) is 3.71. The van der Waals surface area contributed by atoms with E-state index < -0.39 is 79.5 Å². The van der Waals surface area contributed by atoms with Crippen molar-refractivity contribution >= 4 is 23.5 Å². The van der Waals surface area contributed by atoms with E-state index in [-0.39, 0.29) is 13.0 Å². The minimum absolute atomic E-state index is 0.0126. The zero-order valence-corrected chi connectivity index (χ0v) is 21.6. The van der Waals surface area contributed by atoms with Gasteiger partial charge < -0.3 is 30.2 Å². The zero-order chi connectivity index (χ0) is 30.0. The van der Waals surface area contributed by atoms with Crippen LogP contribution in [0.3, 0.4) is 0 Å². The Morgan fingerprint density at radius 1 is 0.854 bits per heavy atom. The summed E-state index contributed by atoms with van der Waals surface area (Å²) in [5, 5.41) is 6.60. The van der Waals surface area contributed by atoms with Crippen LogP contribution in [0, 0.1) is 0 Å². The van der Waals surface area contributed by atoms with Crippen molar-refractivity contribution in [3.8, 4) is 0 Å². The number of ether oxygens (including phenoxy) is 3. The Balaban J connectivity index is 1.77. The summed E-state index contributed by atoms with van der Waals surface area (Å²) in [6.07, 6.45) is 2.45. The van der Waals surface area contributed by atoms with Crippen LogP contribution in [0.2, 0.25) is 0 Å². The van der Waals surface area contributed by atoms with Gasteiger partial charge in [0.05, 0.1) is 25.9 Å². The second kappa shape index (κ2) is 14.6. The first kappa shape index (κ1) is 31.5. The lowest BCUT2D eigenvalue weighted by molar-refractivity contribution is -0.152. The van der Waals surface area contributed by atoms with Gasteiger partial charge in [-0.15, -0.1) is 0 Å². The Hall–Kier alpha value is -4.02. The average molecular weight is 586 g/mol. The number of ketones is 1. The number of benzene rings is 1. The molecule has 16 heteroatoms. The monoisotopic (exact) mass is 585 g/mol. The van der Waals surface area contributed by atoms with E-state index in [4.69, 9.17) is 4.74 Å². The van der Waals surface area contributed by atoms with Crippen molar-refractivity contribution in [3.63, 3.8) is 0 Å². The van der Waals surface area contributed by atoms with Crippen LogP contribution in [0.25, 0.3) is 0 Å². The molecule has 0 unspecified atom stereocenters. The molecular formula is C25H27F4N5O7. The first-order valence-electron chi connectivity index (χ1n) is 12.2. The number of halogens is 4. The van der Waals surface area contributed by atoms with Crippen LogP contribution in [0.15, 0.2) is 48.8 Å². The van der Waals surface area contributed by atoms with Gasteiger partial charge in [0.15, 0.2) is 5.78 Å². The van der Waals surface area contributed by atoms with Gasteiger partial charge in [-0.05, 0) is 25.0 Å². The van der Waals surface area contributed by atoms with Crippen LogP contribution in [-0.2, 0) is 35.0 Å². The number of aromatic nitrogens is 2. The fourth-order valence-electron chi connectivity index (χ4n) is 3.57. The van der Waals surface area contributed by atoms with E-state index in [9.17, 15) is 36.7 Å². The number of amides is 3. The third kappa shape index (κ3) is 9.84. The Bertz CT molecular complexity index is 1190. The lowest BCUT2D eigenvalue weighted by Crippen LogP contribution is -2.59. The predicted molar refractivity (Wildman–Crippen MR) is 131 cm³/mol. The summed E-state index contributed by atoms with van der Waals surface area (Å²) >= 11 is 0. The third-order valence-electron chi connectivity index (χ3n) is 5.82. The van der Waals surface area contributed by atoms with E-state index in [1.54, 1.807) is 30.3 Å². The number of carbonyl (C=O) groups is 4. The number of nitrogens with one attached hydrogen (secondary N) is 3. The van der Waals surface area contributed by atoms with Crippen molar-refractivity contribution < 1.29 is 51.0 Å². The Morgan fingerprint density at radius 2 is 1.37 bits per heavy atom. The first-order valence-corrected chi connectivity index (χ1v) is 12.2. The minimum Gasteiger partial charge on any atom is -0.361 e. The number of epoxide rings is 1. The van der Waals surface area contributed by atoms with Gasteiger partial charge in [-0.2, -0.15) is 17.6 Å². The molecule has 41 heavy (non-hydrogen) atoms. The van der Waals surface area contributed by atoms with Crippen molar-refractivity contribution in [1.82, 2.24) is 25.9 Å². The maximum absolute atomic E-state index is 13.2. The SMILES string of the molecule is C[C@]1(C(=O)[C@H](Cc2ccccc2)NC(=O)[C@H](COC(F)F)NC(=O)[C@H](COC(F)F)NC(=O)c2ncccn2)CO1. The quantitative estimate of drug-likeness (QED) is 0.190. The van der Waals surface area contributed by atoms with Gasteiger partial charge in [-0.25, -0.2) is 9.97 Å². The molecule has 2 aromatic rings. The molecule has 4 atom stereocenters. The smallest absolute Gasteiger partial charge is 0.345 e. The van der Waals surface area contributed by atoms with E-state index >= 15 is 0 Å². The van der Waals surface area contributed by atoms with Crippen LogP contribution in [0.4, 0.5) is 17.6 Å². The van der Waals surface area contributed by atoms with Crippen molar-refractivity contribution in [3.05, 3.63) is 60.2 Å². The molecular weight excluding hydrogens is 558 g/mol. The Morgan fingerprint density at radius 3 is 1.88 bits per heavy atom. The molecule has 1 saturated heterocycles. The summed E-state index contributed by atoms with van der Waals surface area (Å²) in [5.41, 5.74) is -0.498. The lowest BCUT2D eigenvalue weighted by Gasteiger charge is -2.25. The summed E-state index contributed by atoms with van der Waals surface area (Å²) in [6.45, 7) is -7.16. The summed E-state index contributed by atoms with van der Waals surface area (Å²) in [4.78, 5) is 59.0. The van der Waals surface area contributed by atoms with Crippen LogP contribution in [0.5, 0.6) is 0 Å². The maximum Gasteiger partial charge on any atom is 0.345 e. The molecule has 1 fully saturated rings. The van der Waals surface area contributed by atoms with Gasteiger partial charge in [0.2, 0.25) is 17.6 Å². The summed E-state index contributed by atoms with van der Waals surface area (Å²) in [7, 11) is 0. The second-order valence-electron chi connectivity index (χ2n) is 8.98. The standard InChI is InChI=1S/C25H27F4N5O7/c1-25(13-41-25)18(35)15(10-14-6-3-2-4-7-14)32-20(36)16(11-39-23(26)27)33-21(37)17(12-40-24(28)29)34-22(38)19-30-8-5-9-31-19/h2-9,15-17,23-24H,10-13H2,1H3,(H,32,36)(H,33,37)(H,34,38)/t15-,16-,17-,25+/m0/s1. The lowest BCUT2D eigenvalue weighted by atomic mass is 9.94. The maximum atomic E-state index is 13.2. The highest BCUT2D eigenvalue weighted by Crippen LogP contribution is 2.29. The van der Waals surface area contributed by atoms with Crippen molar-refractivity contribution in [2.24, 2.45) is 0 Å². The number of nitrogens with zero attached hydrogens (tertiary/aromatic N) is 2. The molecule has 1 aromatic heterocycles. The van der Waals surface area contributed by atoms with Crippen molar-refractivity contribution in [2.75, 3.05) is 19.8 Å². The predicted octanol–water partition coefficient (Wildman–Crippen LogP) is 0.624. The van der Waals surface area contributed by atoms with E-state index in [1.165, 1.54) is 25.4 Å². The third-order valence-corrected chi connectivity index (χ3v) is 5.82. The molecule has 0 radical (unpaired) electrons. The van der Waals surface area contributed by atoms with Crippen LogP contribution in [0.1, 0.15) is 23.1 Å². The Labute approximate surface area is 231 Å². The second-order valence-corrected chi connectivity index (χ2v) is 8.98. The van der Waals surface area contributed by atoms with Crippen molar-refractivity contribution in [2.45, 2.75) is 50.3 Å². The first-order chi connectivity index (χ1) is 19.5. The van der Waals surface area contributed by atoms with Crippen LogP contribution < -0.4 is 16.0 Å². The number of alkyl halides is 4. The summed E-state index contributed by atoms with van der Waals surface area (Å²) in [6, 6.07) is 5.12.